The molecule has 2 rings (SSSR count). The summed E-state index contributed by atoms with van der Waals surface area (Å²) in [5.74, 6) is 1.68. The van der Waals surface area contributed by atoms with Gasteiger partial charge in [0.1, 0.15) is 5.75 Å². The fourth-order valence-corrected chi connectivity index (χ4v) is 3.16. The van der Waals surface area contributed by atoms with E-state index in [4.69, 9.17) is 19.9 Å². The van der Waals surface area contributed by atoms with Gasteiger partial charge in [0, 0.05) is 36.9 Å². The summed E-state index contributed by atoms with van der Waals surface area (Å²) in [4.78, 5) is 15.2. The lowest BCUT2D eigenvalue weighted by atomic mass is 9.96. The van der Waals surface area contributed by atoms with Crippen molar-refractivity contribution >= 4 is 23.2 Å². The minimum Gasteiger partial charge on any atom is -0.497 e. The van der Waals surface area contributed by atoms with Crippen molar-refractivity contribution in [3.63, 3.8) is 0 Å². The van der Waals surface area contributed by atoms with Gasteiger partial charge >= 0.3 is 0 Å². The zero-order valence-corrected chi connectivity index (χ0v) is 18.0. The second-order valence-electron chi connectivity index (χ2n) is 6.87. The SMILES string of the molecule is CCCC(=Cc1cc(OC)cc(OC)c1OC)C(=O)c1ccc(N)c(N(C)C)c1. The van der Waals surface area contributed by atoms with Crippen LogP contribution in [0.4, 0.5) is 11.4 Å². The number of methoxy groups -OCH3 is 3. The predicted octanol–water partition coefficient (Wildman–Crippen LogP) is 4.43. The molecule has 0 amide bonds. The first-order chi connectivity index (χ1) is 13.9. The molecule has 0 fully saturated rings. The molecule has 0 spiro atoms. The van der Waals surface area contributed by atoms with Gasteiger partial charge in [-0.15, -0.1) is 0 Å². The molecule has 2 aromatic rings. The number of hydrogen-bond acceptors (Lipinski definition) is 6. The molecule has 29 heavy (non-hydrogen) atoms. The van der Waals surface area contributed by atoms with Crippen LogP contribution in [0.1, 0.15) is 35.7 Å². The number of anilines is 2. The van der Waals surface area contributed by atoms with Crippen molar-refractivity contribution in [3.05, 3.63) is 47.0 Å². The number of ketones is 1. The lowest BCUT2D eigenvalue weighted by Gasteiger charge is -2.17. The molecule has 0 aromatic heterocycles. The Labute approximate surface area is 172 Å². The van der Waals surface area contributed by atoms with Crippen LogP contribution in [0, 0.1) is 0 Å². The van der Waals surface area contributed by atoms with Gasteiger partial charge in [0.2, 0.25) is 0 Å². The molecule has 2 N–H and O–H groups in total. The summed E-state index contributed by atoms with van der Waals surface area (Å²) in [6.45, 7) is 2.04. The van der Waals surface area contributed by atoms with E-state index in [2.05, 4.69) is 0 Å². The number of rotatable bonds is 9. The van der Waals surface area contributed by atoms with E-state index >= 15 is 0 Å². The van der Waals surface area contributed by atoms with Crippen LogP contribution >= 0.6 is 0 Å². The van der Waals surface area contributed by atoms with Crippen LogP contribution in [0.5, 0.6) is 17.2 Å². The van der Waals surface area contributed by atoms with E-state index in [1.807, 2.05) is 44.1 Å². The third-order valence-corrected chi connectivity index (χ3v) is 4.63. The topological polar surface area (TPSA) is 74.0 Å². The third-order valence-electron chi connectivity index (χ3n) is 4.63. The lowest BCUT2D eigenvalue weighted by molar-refractivity contribution is 0.103. The van der Waals surface area contributed by atoms with Crippen LogP contribution < -0.4 is 24.8 Å². The van der Waals surface area contributed by atoms with E-state index in [1.54, 1.807) is 39.5 Å². The van der Waals surface area contributed by atoms with Crippen LogP contribution in [0.3, 0.4) is 0 Å². The molecule has 0 heterocycles. The second-order valence-corrected chi connectivity index (χ2v) is 6.87. The molecule has 0 atom stereocenters. The van der Waals surface area contributed by atoms with Crippen molar-refractivity contribution in [2.45, 2.75) is 19.8 Å². The normalized spacial score (nSPS) is 11.2. The summed E-state index contributed by atoms with van der Waals surface area (Å²) >= 11 is 0. The Hall–Kier alpha value is -3.15. The maximum Gasteiger partial charge on any atom is 0.189 e. The number of ether oxygens (including phenoxy) is 3. The number of Topliss-reactive ketones (excluding diaryl/α,β-unsaturated/α-hetero) is 1. The van der Waals surface area contributed by atoms with Gasteiger partial charge in [0.15, 0.2) is 17.3 Å². The monoisotopic (exact) mass is 398 g/mol. The number of carbonyl (C=O) groups is 1. The Kier molecular flexibility index (Phi) is 7.53. The zero-order chi connectivity index (χ0) is 21.6. The van der Waals surface area contributed by atoms with Gasteiger partial charge in [-0.25, -0.2) is 0 Å². The van der Waals surface area contributed by atoms with Crippen molar-refractivity contribution in [2.24, 2.45) is 0 Å². The molecule has 0 unspecified atom stereocenters. The minimum atomic E-state index is -0.0428. The summed E-state index contributed by atoms with van der Waals surface area (Å²) in [6.07, 6.45) is 3.31. The van der Waals surface area contributed by atoms with Gasteiger partial charge in [0.05, 0.1) is 32.7 Å². The highest BCUT2D eigenvalue weighted by atomic mass is 16.5. The molecule has 0 radical (unpaired) electrons. The number of nitrogen functional groups attached to an aromatic ring is 1. The maximum absolute atomic E-state index is 13.3. The van der Waals surface area contributed by atoms with Crippen LogP contribution in [0.25, 0.3) is 6.08 Å². The number of benzene rings is 2. The van der Waals surface area contributed by atoms with Gasteiger partial charge in [-0.3, -0.25) is 4.79 Å². The molecule has 2 aromatic carbocycles. The molecule has 156 valence electrons. The highest BCUT2D eigenvalue weighted by Gasteiger charge is 2.17. The van der Waals surface area contributed by atoms with E-state index in [9.17, 15) is 4.79 Å². The van der Waals surface area contributed by atoms with Gasteiger partial charge in [0.25, 0.3) is 0 Å². The van der Waals surface area contributed by atoms with Gasteiger partial charge in [-0.1, -0.05) is 13.3 Å². The first kappa shape index (κ1) is 22.1. The largest absolute Gasteiger partial charge is 0.497 e. The summed E-state index contributed by atoms with van der Waals surface area (Å²) in [5, 5.41) is 0. The number of nitrogens with zero attached hydrogens (tertiary/aromatic N) is 1. The van der Waals surface area contributed by atoms with Crippen LogP contribution in [-0.2, 0) is 0 Å². The van der Waals surface area contributed by atoms with E-state index in [0.717, 1.165) is 17.7 Å². The zero-order valence-electron chi connectivity index (χ0n) is 18.0. The summed E-state index contributed by atoms with van der Waals surface area (Å²) in [5.41, 5.74) is 9.48. The van der Waals surface area contributed by atoms with Gasteiger partial charge < -0.3 is 24.8 Å². The van der Waals surface area contributed by atoms with Crippen molar-refractivity contribution in [3.8, 4) is 17.2 Å². The van der Waals surface area contributed by atoms with Crippen LogP contribution in [0.15, 0.2) is 35.9 Å². The second kappa shape index (κ2) is 9.87. The van der Waals surface area contributed by atoms with E-state index in [0.29, 0.717) is 40.5 Å². The van der Waals surface area contributed by atoms with Crippen molar-refractivity contribution in [1.82, 2.24) is 0 Å². The molecule has 0 aliphatic carbocycles. The molecule has 0 aliphatic rings. The highest BCUT2D eigenvalue weighted by Crippen LogP contribution is 2.37. The molecule has 6 heteroatoms. The first-order valence-electron chi connectivity index (χ1n) is 9.48. The Balaban J connectivity index is 2.58. The van der Waals surface area contributed by atoms with Crippen molar-refractivity contribution in [2.75, 3.05) is 46.1 Å². The average molecular weight is 399 g/mol. The Morgan fingerprint density at radius 3 is 2.34 bits per heavy atom. The quantitative estimate of drug-likeness (QED) is 0.383. The van der Waals surface area contributed by atoms with Crippen LogP contribution in [-0.4, -0.2) is 41.2 Å². The smallest absolute Gasteiger partial charge is 0.189 e. The Morgan fingerprint density at radius 1 is 1.07 bits per heavy atom. The number of carbonyl (C=O) groups excluding carboxylic acids is 1. The number of hydrogen-bond donors (Lipinski definition) is 1. The lowest BCUT2D eigenvalue weighted by Crippen LogP contribution is -2.13. The fraction of sp³-hybridized carbons (Fsp3) is 0.348. The maximum atomic E-state index is 13.3. The van der Waals surface area contributed by atoms with Crippen molar-refractivity contribution in [1.29, 1.82) is 0 Å². The van der Waals surface area contributed by atoms with Crippen LogP contribution in [0.2, 0.25) is 0 Å². The predicted molar refractivity (Wildman–Crippen MR) is 118 cm³/mol. The summed E-state index contributed by atoms with van der Waals surface area (Å²) < 4.78 is 16.3. The van der Waals surface area contributed by atoms with Crippen molar-refractivity contribution < 1.29 is 19.0 Å². The molecule has 0 bridgehead atoms. The summed E-state index contributed by atoms with van der Waals surface area (Å²) in [7, 11) is 8.53. The highest BCUT2D eigenvalue weighted by molar-refractivity contribution is 6.12. The molecule has 0 saturated carbocycles. The molecular formula is C23H30N2O4. The molecule has 0 saturated heterocycles. The molecular weight excluding hydrogens is 368 g/mol. The Bertz CT molecular complexity index is 904. The molecule has 6 nitrogen and oxygen atoms in total. The summed E-state index contributed by atoms with van der Waals surface area (Å²) in [6, 6.07) is 8.93. The third kappa shape index (κ3) is 5.02. The van der Waals surface area contributed by atoms with Gasteiger partial charge in [-0.05, 0) is 36.8 Å². The Morgan fingerprint density at radius 2 is 1.79 bits per heavy atom. The number of nitrogens with two attached hydrogens (primary N) is 1. The minimum absolute atomic E-state index is 0.0428. The van der Waals surface area contributed by atoms with E-state index in [-0.39, 0.29) is 5.78 Å². The first-order valence-corrected chi connectivity index (χ1v) is 9.48. The van der Waals surface area contributed by atoms with Gasteiger partial charge in [-0.2, -0.15) is 0 Å². The van der Waals surface area contributed by atoms with E-state index in [1.165, 1.54) is 0 Å². The van der Waals surface area contributed by atoms with E-state index < -0.39 is 0 Å². The molecule has 0 aliphatic heterocycles. The number of allylic oxidation sites excluding steroid dienone is 1. The fourth-order valence-electron chi connectivity index (χ4n) is 3.16. The standard InChI is InChI=1S/C23H30N2O4/c1-7-8-15(22(26)16-9-10-19(24)20(13-16)25(2)3)11-17-12-18(27-4)14-21(28-5)23(17)29-6/h9-14H,7-8,24H2,1-6H3. The average Bonchev–Trinajstić information content (AvgIpc) is 2.72.